The molecule has 0 fully saturated rings. The van der Waals surface area contributed by atoms with Gasteiger partial charge in [-0.1, -0.05) is 97.6 Å². The number of unbranched alkanes of at least 4 members (excludes halogenated alkanes) is 1. The Bertz CT molecular complexity index is 1020. The van der Waals surface area contributed by atoms with E-state index < -0.39 is 0 Å². The molecular formula is C34H56N2O3. The van der Waals surface area contributed by atoms with Gasteiger partial charge in [-0.05, 0) is 67.1 Å². The first-order valence-electron chi connectivity index (χ1n) is 14.8. The molecule has 2 aromatic rings. The molecule has 1 aliphatic rings. The van der Waals surface area contributed by atoms with Crippen LogP contribution in [0, 0.1) is 0 Å². The molecule has 0 radical (unpaired) electrons. The average molecular weight is 541 g/mol. The highest BCUT2D eigenvalue weighted by molar-refractivity contribution is 5.96. The van der Waals surface area contributed by atoms with Gasteiger partial charge in [0.05, 0.1) is 0 Å². The van der Waals surface area contributed by atoms with Crippen molar-refractivity contribution >= 4 is 23.8 Å². The molecule has 0 saturated carbocycles. The minimum atomic E-state index is -0.0395. The molecular weight excluding hydrogens is 484 g/mol. The fraction of sp³-hybridized carbons (Fsp3) is 0.500. The minimum absolute atomic E-state index is 0. The van der Waals surface area contributed by atoms with Crippen molar-refractivity contribution in [3.63, 3.8) is 0 Å². The monoisotopic (exact) mass is 540 g/mol. The van der Waals surface area contributed by atoms with E-state index >= 15 is 0 Å². The maximum absolute atomic E-state index is 12.5. The standard InChI is InChI=1S/C26H32N2O2.C4H10.C2H4O.C2H6.2H2/c1-4-7-19(8-5-2)18-27-26(30)21-11-9-20(10-12-21)22-13-14-24-23(17-22)15-16-28(24)25(29)6-3;1-3-4-2;1-2-3;1-2;;/h7,9-14,17H,4-6,8,15-16,18H2,1-3H3,(H,27,30);3-4H2,1-2H3;2H,1H3;1-2H3;2*1H/b19-7+;;;;;. The van der Waals surface area contributed by atoms with Crippen molar-refractivity contribution in [3.8, 4) is 11.1 Å². The predicted molar refractivity (Wildman–Crippen MR) is 172 cm³/mol. The van der Waals surface area contributed by atoms with Crippen molar-refractivity contribution in [1.82, 2.24) is 5.32 Å². The number of fused-ring (bicyclic) bond motifs is 1. The Morgan fingerprint density at radius 2 is 1.51 bits per heavy atom. The number of carbonyl (C=O) groups excluding carboxylic acids is 3. The maximum Gasteiger partial charge on any atom is 0.251 e. The Morgan fingerprint density at radius 1 is 0.923 bits per heavy atom. The highest BCUT2D eigenvalue weighted by Crippen LogP contribution is 2.32. The summed E-state index contributed by atoms with van der Waals surface area (Å²) in [5.74, 6) is 0.134. The van der Waals surface area contributed by atoms with Crippen LogP contribution in [0.3, 0.4) is 0 Å². The van der Waals surface area contributed by atoms with E-state index in [9.17, 15) is 9.59 Å². The van der Waals surface area contributed by atoms with E-state index in [0.29, 0.717) is 18.5 Å². The Hall–Kier alpha value is -3.21. The van der Waals surface area contributed by atoms with Crippen molar-refractivity contribution in [3.05, 3.63) is 65.2 Å². The summed E-state index contributed by atoms with van der Waals surface area (Å²) in [5, 5.41) is 3.04. The van der Waals surface area contributed by atoms with Gasteiger partial charge in [-0.3, -0.25) is 9.59 Å². The zero-order chi connectivity index (χ0) is 29.6. The van der Waals surface area contributed by atoms with Gasteiger partial charge in [-0.15, -0.1) is 0 Å². The van der Waals surface area contributed by atoms with E-state index in [4.69, 9.17) is 4.79 Å². The van der Waals surface area contributed by atoms with Crippen LogP contribution in [0.5, 0.6) is 0 Å². The number of benzene rings is 2. The van der Waals surface area contributed by atoms with Gasteiger partial charge in [0.1, 0.15) is 6.29 Å². The normalized spacial score (nSPS) is 11.5. The first-order valence-corrected chi connectivity index (χ1v) is 14.8. The summed E-state index contributed by atoms with van der Waals surface area (Å²) in [6, 6.07) is 14.0. The van der Waals surface area contributed by atoms with Gasteiger partial charge in [0.15, 0.2) is 0 Å². The number of nitrogens with one attached hydrogen (secondary N) is 1. The van der Waals surface area contributed by atoms with Crippen LogP contribution < -0.4 is 10.2 Å². The molecule has 0 aliphatic carbocycles. The van der Waals surface area contributed by atoms with E-state index in [-0.39, 0.29) is 14.7 Å². The van der Waals surface area contributed by atoms with Crippen LogP contribution in [-0.2, 0) is 16.0 Å². The second kappa shape index (κ2) is 21.7. The summed E-state index contributed by atoms with van der Waals surface area (Å²) in [6.07, 6.45) is 10.1. The topological polar surface area (TPSA) is 66.5 Å². The van der Waals surface area contributed by atoms with Crippen LogP contribution >= 0.6 is 0 Å². The molecule has 2 aromatic carbocycles. The molecule has 0 atom stereocenters. The van der Waals surface area contributed by atoms with Crippen LogP contribution in [0.4, 0.5) is 5.69 Å². The molecule has 1 heterocycles. The molecule has 3 rings (SSSR count). The van der Waals surface area contributed by atoms with Crippen molar-refractivity contribution in [1.29, 1.82) is 0 Å². The molecule has 1 N–H and O–H groups in total. The number of aldehydes is 1. The van der Waals surface area contributed by atoms with Crippen LogP contribution in [0.2, 0.25) is 0 Å². The summed E-state index contributed by atoms with van der Waals surface area (Å²) >= 11 is 0. The lowest BCUT2D eigenvalue weighted by Gasteiger charge is -2.16. The molecule has 0 saturated heterocycles. The Morgan fingerprint density at radius 3 is 2.03 bits per heavy atom. The van der Waals surface area contributed by atoms with Gasteiger partial charge >= 0.3 is 0 Å². The summed E-state index contributed by atoms with van der Waals surface area (Å²) < 4.78 is 0. The molecule has 0 unspecified atom stereocenters. The number of carbonyl (C=O) groups is 3. The molecule has 5 nitrogen and oxygen atoms in total. The molecule has 0 aromatic heterocycles. The van der Waals surface area contributed by atoms with Crippen molar-refractivity contribution < 1.29 is 17.2 Å². The lowest BCUT2D eigenvalue weighted by molar-refractivity contribution is -0.118. The quantitative estimate of drug-likeness (QED) is 0.255. The van der Waals surface area contributed by atoms with Gasteiger partial charge in [-0.25, -0.2) is 0 Å². The first-order chi connectivity index (χ1) is 18.9. The average Bonchev–Trinajstić information content (AvgIpc) is 3.40. The van der Waals surface area contributed by atoms with Crippen LogP contribution in [0.15, 0.2) is 54.1 Å². The van der Waals surface area contributed by atoms with E-state index in [2.05, 4.69) is 51.2 Å². The third kappa shape index (κ3) is 12.5. The second-order valence-corrected chi connectivity index (χ2v) is 9.01. The van der Waals surface area contributed by atoms with Crippen molar-refractivity contribution in [2.45, 2.75) is 100 Å². The van der Waals surface area contributed by atoms with Crippen LogP contribution in [0.25, 0.3) is 11.1 Å². The number of hydrogen-bond donors (Lipinski definition) is 1. The lowest BCUT2D eigenvalue weighted by Crippen LogP contribution is -2.27. The van der Waals surface area contributed by atoms with Crippen LogP contribution in [-0.4, -0.2) is 31.2 Å². The number of hydrogen-bond acceptors (Lipinski definition) is 3. The van der Waals surface area contributed by atoms with Crippen molar-refractivity contribution in [2.24, 2.45) is 0 Å². The fourth-order valence-electron chi connectivity index (χ4n) is 4.01. The van der Waals surface area contributed by atoms with Gasteiger partial charge < -0.3 is 15.0 Å². The third-order valence-corrected chi connectivity index (χ3v) is 6.10. The second-order valence-electron chi connectivity index (χ2n) is 9.01. The van der Waals surface area contributed by atoms with E-state index in [1.165, 1.54) is 30.9 Å². The number of allylic oxidation sites excluding steroid dienone is 1. The smallest absolute Gasteiger partial charge is 0.251 e. The molecule has 220 valence electrons. The Balaban J connectivity index is -0.00000117. The molecule has 2 amide bonds. The van der Waals surface area contributed by atoms with Gasteiger partial charge in [0.25, 0.3) is 5.91 Å². The van der Waals surface area contributed by atoms with E-state index in [1.54, 1.807) is 0 Å². The summed E-state index contributed by atoms with van der Waals surface area (Å²) in [7, 11) is 0. The number of nitrogens with zero attached hydrogens (tertiary/aromatic N) is 1. The van der Waals surface area contributed by atoms with Crippen LogP contribution in [0.1, 0.15) is 113 Å². The zero-order valence-corrected chi connectivity index (χ0v) is 25.7. The summed E-state index contributed by atoms with van der Waals surface area (Å²) in [4.78, 5) is 35.3. The minimum Gasteiger partial charge on any atom is -0.348 e. The highest BCUT2D eigenvalue weighted by Gasteiger charge is 2.23. The SMILES string of the molecule is CC.CC/C=C(\CCC)CNC(=O)c1ccc(-c2ccc3c(c2)CCN3C(=O)CC)cc1.CC=O.CCCC.[HH].[HH]. The van der Waals surface area contributed by atoms with Gasteiger partial charge in [0.2, 0.25) is 5.91 Å². The molecule has 1 aliphatic heterocycles. The Kier molecular flexibility index (Phi) is 19.9. The van der Waals surface area contributed by atoms with Gasteiger partial charge in [0, 0.05) is 33.6 Å². The molecule has 0 spiro atoms. The first kappa shape index (κ1) is 35.8. The van der Waals surface area contributed by atoms with E-state index in [0.717, 1.165) is 55.3 Å². The summed E-state index contributed by atoms with van der Waals surface area (Å²) in [5.41, 5.74) is 6.40. The largest absolute Gasteiger partial charge is 0.348 e. The molecule has 5 heteroatoms. The molecule has 0 bridgehead atoms. The lowest BCUT2D eigenvalue weighted by atomic mass is 10.0. The zero-order valence-electron chi connectivity index (χ0n) is 25.7. The number of anilines is 1. The summed E-state index contributed by atoms with van der Waals surface area (Å²) in [6.45, 7) is 17.4. The highest BCUT2D eigenvalue weighted by atomic mass is 16.2. The van der Waals surface area contributed by atoms with Gasteiger partial charge in [-0.2, -0.15) is 0 Å². The third-order valence-electron chi connectivity index (χ3n) is 6.10. The Labute approximate surface area is 241 Å². The fourth-order valence-corrected chi connectivity index (χ4v) is 4.01. The predicted octanol–water partition coefficient (Wildman–Crippen LogP) is 9.05. The van der Waals surface area contributed by atoms with E-state index in [1.807, 2.05) is 56.0 Å². The van der Waals surface area contributed by atoms with Crippen molar-refractivity contribution in [2.75, 3.05) is 18.0 Å². The number of rotatable bonds is 9. The maximum atomic E-state index is 12.5. The molecule has 39 heavy (non-hydrogen) atoms. The number of amides is 2.